The maximum absolute atomic E-state index is 11.5. The zero-order valence-electron chi connectivity index (χ0n) is 11.9. The number of anilines is 1. The summed E-state index contributed by atoms with van der Waals surface area (Å²) in [6.07, 6.45) is 2.81. The number of hydrogen-bond donors (Lipinski definition) is 0. The van der Waals surface area contributed by atoms with Gasteiger partial charge in [0.15, 0.2) is 0 Å². The Morgan fingerprint density at radius 2 is 1.89 bits per heavy atom. The summed E-state index contributed by atoms with van der Waals surface area (Å²) in [4.78, 5) is 13.8. The number of aldehydes is 1. The first-order valence-corrected chi connectivity index (χ1v) is 7.05. The van der Waals surface area contributed by atoms with E-state index < -0.39 is 0 Å². The highest BCUT2D eigenvalue weighted by Crippen LogP contribution is 2.31. The molecule has 1 fully saturated rings. The van der Waals surface area contributed by atoms with E-state index in [9.17, 15) is 4.79 Å². The molecule has 2 rings (SSSR count). The molecule has 104 valence electrons. The van der Waals surface area contributed by atoms with Crippen LogP contribution in [0.3, 0.4) is 0 Å². The summed E-state index contributed by atoms with van der Waals surface area (Å²) < 4.78 is 5.39. The molecule has 19 heavy (non-hydrogen) atoms. The van der Waals surface area contributed by atoms with E-state index in [0.29, 0.717) is 13.2 Å². The molecule has 0 amide bonds. The van der Waals surface area contributed by atoms with Gasteiger partial charge in [-0.1, -0.05) is 17.7 Å². The van der Waals surface area contributed by atoms with Crippen molar-refractivity contribution in [2.24, 2.45) is 5.41 Å². The third kappa shape index (κ3) is 3.35. The number of rotatable bonds is 5. The molecule has 1 aliphatic rings. The van der Waals surface area contributed by atoms with E-state index in [1.54, 1.807) is 0 Å². The van der Waals surface area contributed by atoms with E-state index in [-0.39, 0.29) is 5.41 Å². The van der Waals surface area contributed by atoms with Crippen LogP contribution < -0.4 is 4.90 Å². The van der Waals surface area contributed by atoms with Crippen molar-refractivity contribution in [1.29, 1.82) is 0 Å². The molecule has 0 atom stereocenters. The molecule has 1 saturated heterocycles. The molecule has 1 aliphatic heterocycles. The average Bonchev–Trinajstić information content (AvgIpc) is 2.47. The molecule has 1 aromatic carbocycles. The van der Waals surface area contributed by atoms with Gasteiger partial charge in [0.25, 0.3) is 0 Å². The Morgan fingerprint density at radius 1 is 1.26 bits per heavy atom. The van der Waals surface area contributed by atoms with E-state index in [1.165, 1.54) is 11.3 Å². The second-order valence-electron chi connectivity index (χ2n) is 5.44. The molecule has 0 N–H and O–H groups in total. The van der Waals surface area contributed by atoms with Crippen molar-refractivity contribution < 1.29 is 9.53 Å². The second kappa shape index (κ2) is 6.20. The van der Waals surface area contributed by atoms with Crippen LogP contribution in [0.15, 0.2) is 24.3 Å². The summed E-state index contributed by atoms with van der Waals surface area (Å²) in [5, 5.41) is 0. The number of nitrogens with zero attached hydrogens (tertiary/aromatic N) is 1. The van der Waals surface area contributed by atoms with Crippen LogP contribution in [0.2, 0.25) is 0 Å². The summed E-state index contributed by atoms with van der Waals surface area (Å²) in [5.74, 6) is 0. The van der Waals surface area contributed by atoms with Crippen LogP contribution in [0.5, 0.6) is 0 Å². The highest BCUT2D eigenvalue weighted by Gasteiger charge is 2.34. The Hall–Kier alpha value is -1.35. The topological polar surface area (TPSA) is 29.5 Å². The Kier molecular flexibility index (Phi) is 4.59. The quantitative estimate of drug-likeness (QED) is 0.763. The van der Waals surface area contributed by atoms with Crippen molar-refractivity contribution in [3.8, 4) is 0 Å². The minimum Gasteiger partial charge on any atom is -0.381 e. The largest absolute Gasteiger partial charge is 0.381 e. The van der Waals surface area contributed by atoms with Crippen molar-refractivity contribution in [3.05, 3.63) is 29.8 Å². The van der Waals surface area contributed by atoms with Crippen LogP contribution >= 0.6 is 0 Å². The fourth-order valence-corrected chi connectivity index (χ4v) is 2.61. The molecule has 3 nitrogen and oxygen atoms in total. The highest BCUT2D eigenvalue weighted by atomic mass is 16.5. The first-order valence-electron chi connectivity index (χ1n) is 7.05. The van der Waals surface area contributed by atoms with Gasteiger partial charge >= 0.3 is 0 Å². The fraction of sp³-hybridized carbons (Fsp3) is 0.562. The lowest BCUT2D eigenvalue weighted by molar-refractivity contribution is -0.120. The molecule has 0 spiro atoms. The molecular formula is C16H23NO2. The van der Waals surface area contributed by atoms with Gasteiger partial charge in [0.05, 0.1) is 0 Å². The van der Waals surface area contributed by atoms with Crippen molar-refractivity contribution in [2.45, 2.75) is 26.7 Å². The number of benzene rings is 1. The van der Waals surface area contributed by atoms with Crippen LogP contribution in [0.25, 0.3) is 0 Å². The second-order valence-corrected chi connectivity index (χ2v) is 5.44. The number of carbonyl (C=O) groups is 1. The molecule has 1 aromatic rings. The molecule has 0 saturated carbocycles. The molecule has 3 heteroatoms. The summed E-state index contributed by atoms with van der Waals surface area (Å²) in [6, 6.07) is 8.51. The van der Waals surface area contributed by atoms with E-state index >= 15 is 0 Å². The Morgan fingerprint density at radius 3 is 2.42 bits per heavy atom. The SMILES string of the molecule is CCN(CC1(C=O)CCOCC1)c1ccc(C)cc1. The normalized spacial score (nSPS) is 18.0. The van der Waals surface area contributed by atoms with Crippen LogP contribution in [0.4, 0.5) is 5.69 Å². The molecule has 0 aromatic heterocycles. The zero-order valence-corrected chi connectivity index (χ0v) is 11.9. The van der Waals surface area contributed by atoms with Crippen LogP contribution in [0.1, 0.15) is 25.3 Å². The number of aryl methyl sites for hydroxylation is 1. The molecular weight excluding hydrogens is 238 g/mol. The van der Waals surface area contributed by atoms with Crippen molar-refractivity contribution in [1.82, 2.24) is 0 Å². The monoisotopic (exact) mass is 261 g/mol. The van der Waals surface area contributed by atoms with Crippen molar-refractivity contribution in [3.63, 3.8) is 0 Å². The third-order valence-electron chi connectivity index (χ3n) is 4.03. The van der Waals surface area contributed by atoms with Gasteiger partial charge in [-0.3, -0.25) is 0 Å². The van der Waals surface area contributed by atoms with Crippen molar-refractivity contribution >= 4 is 12.0 Å². The molecule has 0 unspecified atom stereocenters. The summed E-state index contributed by atoms with van der Waals surface area (Å²) in [7, 11) is 0. The number of carbonyl (C=O) groups excluding carboxylic acids is 1. The predicted octanol–water partition coefficient (Wildman–Crippen LogP) is 2.82. The molecule has 0 aliphatic carbocycles. The third-order valence-corrected chi connectivity index (χ3v) is 4.03. The van der Waals surface area contributed by atoms with Gasteiger partial charge in [0.2, 0.25) is 0 Å². The minimum absolute atomic E-state index is 0.237. The van der Waals surface area contributed by atoms with Gasteiger partial charge in [0, 0.05) is 37.4 Å². The predicted molar refractivity (Wildman–Crippen MR) is 77.6 cm³/mol. The van der Waals surface area contributed by atoms with Gasteiger partial charge in [-0.2, -0.15) is 0 Å². The summed E-state index contributed by atoms with van der Waals surface area (Å²) in [6.45, 7) is 7.33. The Bertz CT molecular complexity index is 407. The van der Waals surface area contributed by atoms with Gasteiger partial charge < -0.3 is 14.4 Å². The highest BCUT2D eigenvalue weighted by molar-refractivity contribution is 5.62. The average molecular weight is 261 g/mol. The Labute approximate surface area is 115 Å². The lowest BCUT2D eigenvalue weighted by atomic mass is 9.81. The Balaban J connectivity index is 2.13. The summed E-state index contributed by atoms with van der Waals surface area (Å²) >= 11 is 0. The molecule has 0 radical (unpaired) electrons. The van der Waals surface area contributed by atoms with Gasteiger partial charge in [-0.05, 0) is 38.8 Å². The van der Waals surface area contributed by atoms with Crippen LogP contribution in [-0.4, -0.2) is 32.6 Å². The van der Waals surface area contributed by atoms with E-state index in [2.05, 4.69) is 43.0 Å². The number of ether oxygens (including phenoxy) is 1. The number of hydrogen-bond acceptors (Lipinski definition) is 3. The fourth-order valence-electron chi connectivity index (χ4n) is 2.61. The minimum atomic E-state index is -0.237. The molecule has 1 heterocycles. The van der Waals surface area contributed by atoms with E-state index in [1.807, 2.05) is 0 Å². The van der Waals surface area contributed by atoms with Crippen molar-refractivity contribution in [2.75, 3.05) is 31.2 Å². The molecule has 0 bridgehead atoms. The maximum atomic E-state index is 11.5. The zero-order chi connectivity index (χ0) is 13.7. The lowest BCUT2D eigenvalue weighted by Gasteiger charge is -2.37. The maximum Gasteiger partial charge on any atom is 0.128 e. The standard InChI is InChI=1S/C16H23NO2/c1-3-17(15-6-4-14(2)5-7-15)12-16(13-18)8-10-19-11-9-16/h4-7,13H,3,8-12H2,1-2H3. The van der Waals surface area contributed by atoms with Gasteiger partial charge in [-0.15, -0.1) is 0 Å². The first-order chi connectivity index (χ1) is 9.19. The first kappa shape index (κ1) is 14.1. The van der Waals surface area contributed by atoms with Gasteiger partial charge in [0.1, 0.15) is 6.29 Å². The summed E-state index contributed by atoms with van der Waals surface area (Å²) in [5.41, 5.74) is 2.22. The van der Waals surface area contributed by atoms with Crippen LogP contribution in [0, 0.1) is 12.3 Å². The van der Waals surface area contributed by atoms with Gasteiger partial charge in [-0.25, -0.2) is 0 Å². The van der Waals surface area contributed by atoms with Crippen LogP contribution in [-0.2, 0) is 9.53 Å². The smallest absolute Gasteiger partial charge is 0.128 e. The van der Waals surface area contributed by atoms with E-state index in [0.717, 1.165) is 32.2 Å². The van der Waals surface area contributed by atoms with E-state index in [4.69, 9.17) is 4.74 Å². The lowest BCUT2D eigenvalue weighted by Crippen LogP contribution is -2.42.